The van der Waals surface area contributed by atoms with Crippen LogP contribution in [0, 0.1) is 12.8 Å². The van der Waals surface area contributed by atoms with Crippen molar-refractivity contribution in [2.24, 2.45) is 5.92 Å². The SMILES string of the molecule is COc1cc(CNC(=O)C2CN(c3nc4ccc(C)cc4s3)C2)cc(OC)c1OC. The Morgan fingerprint density at radius 1 is 1.13 bits per heavy atom. The van der Waals surface area contributed by atoms with Crippen molar-refractivity contribution < 1.29 is 19.0 Å². The summed E-state index contributed by atoms with van der Waals surface area (Å²) >= 11 is 1.67. The summed E-state index contributed by atoms with van der Waals surface area (Å²) in [6.45, 7) is 3.84. The number of carbonyl (C=O) groups is 1. The number of anilines is 1. The van der Waals surface area contributed by atoms with E-state index in [1.54, 1.807) is 32.7 Å². The third kappa shape index (κ3) is 3.87. The highest BCUT2D eigenvalue weighted by atomic mass is 32.1. The van der Waals surface area contributed by atoms with Gasteiger partial charge in [0.15, 0.2) is 16.6 Å². The third-order valence-corrected chi connectivity index (χ3v) is 6.33. The second kappa shape index (κ2) is 8.39. The molecule has 1 aliphatic rings. The van der Waals surface area contributed by atoms with Crippen LogP contribution < -0.4 is 24.4 Å². The van der Waals surface area contributed by atoms with E-state index in [1.165, 1.54) is 10.3 Å². The van der Waals surface area contributed by atoms with Gasteiger partial charge in [0.2, 0.25) is 11.7 Å². The first-order valence-electron chi connectivity index (χ1n) is 9.71. The van der Waals surface area contributed by atoms with Crippen molar-refractivity contribution in [3.05, 3.63) is 41.5 Å². The van der Waals surface area contributed by atoms with Crippen LogP contribution in [0.1, 0.15) is 11.1 Å². The summed E-state index contributed by atoms with van der Waals surface area (Å²) in [6.07, 6.45) is 0. The maximum atomic E-state index is 12.6. The smallest absolute Gasteiger partial charge is 0.226 e. The lowest BCUT2D eigenvalue weighted by Gasteiger charge is -2.38. The zero-order valence-corrected chi connectivity index (χ0v) is 18.3. The quantitative estimate of drug-likeness (QED) is 0.623. The van der Waals surface area contributed by atoms with Gasteiger partial charge in [-0.2, -0.15) is 0 Å². The predicted molar refractivity (Wildman–Crippen MR) is 118 cm³/mol. The second-order valence-electron chi connectivity index (χ2n) is 7.32. The molecule has 8 heteroatoms. The van der Waals surface area contributed by atoms with E-state index in [9.17, 15) is 4.79 Å². The lowest BCUT2D eigenvalue weighted by molar-refractivity contribution is -0.125. The number of thiazole rings is 1. The first-order valence-corrected chi connectivity index (χ1v) is 10.5. The number of nitrogens with zero attached hydrogens (tertiary/aromatic N) is 2. The van der Waals surface area contributed by atoms with Crippen LogP contribution in [0.5, 0.6) is 17.2 Å². The number of methoxy groups -OCH3 is 3. The Morgan fingerprint density at radius 2 is 1.83 bits per heavy atom. The molecule has 4 rings (SSSR count). The van der Waals surface area contributed by atoms with Crippen LogP contribution >= 0.6 is 11.3 Å². The van der Waals surface area contributed by atoms with Gasteiger partial charge in [-0.25, -0.2) is 4.98 Å². The minimum Gasteiger partial charge on any atom is -0.493 e. The average molecular weight is 428 g/mol. The van der Waals surface area contributed by atoms with Crippen molar-refractivity contribution >= 4 is 32.6 Å². The number of rotatable bonds is 7. The van der Waals surface area contributed by atoms with Crippen molar-refractivity contribution in [1.82, 2.24) is 10.3 Å². The number of carbonyl (C=O) groups excluding carboxylic acids is 1. The van der Waals surface area contributed by atoms with Gasteiger partial charge >= 0.3 is 0 Å². The molecule has 0 aliphatic carbocycles. The van der Waals surface area contributed by atoms with E-state index < -0.39 is 0 Å². The summed E-state index contributed by atoms with van der Waals surface area (Å²) in [6, 6.07) is 9.96. The molecule has 0 bridgehead atoms. The summed E-state index contributed by atoms with van der Waals surface area (Å²) in [4.78, 5) is 19.4. The molecule has 30 heavy (non-hydrogen) atoms. The van der Waals surface area contributed by atoms with E-state index in [2.05, 4.69) is 29.3 Å². The van der Waals surface area contributed by atoms with E-state index >= 15 is 0 Å². The molecule has 158 valence electrons. The van der Waals surface area contributed by atoms with Crippen molar-refractivity contribution in [1.29, 1.82) is 0 Å². The van der Waals surface area contributed by atoms with Gasteiger partial charge in [0.05, 0.1) is 37.5 Å². The number of aryl methyl sites for hydroxylation is 1. The Morgan fingerprint density at radius 3 is 2.47 bits per heavy atom. The molecule has 0 spiro atoms. The van der Waals surface area contributed by atoms with Crippen molar-refractivity contribution in [3.63, 3.8) is 0 Å². The maximum Gasteiger partial charge on any atom is 0.226 e. The molecule has 1 aliphatic heterocycles. The number of hydrogen-bond acceptors (Lipinski definition) is 7. The van der Waals surface area contributed by atoms with Crippen LogP contribution in [-0.2, 0) is 11.3 Å². The fraction of sp³-hybridized carbons (Fsp3) is 0.364. The number of benzene rings is 2. The molecule has 3 aromatic rings. The van der Waals surface area contributed by atoms with E-state index in [4.69, 9.17) is 19.2 Å². The van der Waals surface area contributed by atoms with Crippen LogP contribution in [0.15, 0.2) is 30.3 Å². The van der Waals surface area contributed by atoms with Crippen molar-refractivity contribution in [2.45, 2.75) is 13.5 Å². The highest BCUT2D eigenvalue weighted by molar-refractivity contribution is 7.22. The number of fused-ring (bicyclic) bond motifs is 1. The topological polar surface area (TPSA) is 72.9 Å². The van der Waals surface area contributed by atoms with Crippen molar-refractivity contribution in [3.8, 4) is 17.2 Å². The van der Waals surface area contributed by atoms with Gasteiger partial charge in [-0.3, -0.25) is 4.79 Å². The molecule has 2 aromatic carbocycles. The maximum absolute atomic E-state index is 12.6. The van der Waals surface area contributed by atoms with Gasteiger partial charge in [0, 0.05) is 19.6 Å². The number of aromatic nitrogens is 1. The van der Waals surface area contributed by atoms with Gasteiger partial charge < -0.3 is 24.4 Å². The summed E-state index contributed by atoms with van der Waals surface area (Å²) < 4.78 is 17.3. The highest BCUT2D eigenvalue weighted by Gasteiger charge is 2.34. The molecule has 1 N–H and O–H groups in total. The molecule has 2 heterocycles. The van der Waals surface area contributed by atoms with Gasteiger partial charge in [-0.15, -0.1) is 0 Å². The Bertz CT molecular complexity index is 1050. The Kier molecular flexibility index (Phi) is 5.67. The molecule has 0 radical (unpaired) electrons. The first-order chi connectivity index (χ1) is 14.5. The lowest BCUT2D eigenvalue weighted by atomic mass is 10.00. The van der Waals surface area contributed by atoms with Crippen LogP contribution in [0.2, 0.25) is 0 Å². The molecular weight excluding hydrogens is 402 g/mol. The molecule has 1 fully saturated rings. The molecule has 0 atom stereocenters. The highest BCUT2D eigenvalue weighted by Crippen LogP contribution is 2.38. The van der Waals surface area contributed by atoms with Crippen LogP contribution in [0.3, 0.4) is 0 Å². The zero-order valence-electron chi connectivity index (χ0n) is 17.5. The molecule has 7 nitrogen and oxygen atoms in total. The van der Waals surface area contributed by atoms with E-state index in [0.29, 0.717) is 36.9 Å². The standard InChI is InChI=1S/C22H25N3O4S/c1-13-5-6-16-19(7-13)30-22(24-16)25-11-15(12-25)21(26)23-10-14-8-17(27-2)20(29-4)18(9-14)28-3/h5-9,15H,10-12H2,1-4H3,(H,23,26). The average Bonchev–Trinajstić information content (AvgIpc) is 3.12. The van der Waals surface area contributed by atoms with E-state index in [1.807, 2.05) is 18.2 Å². The van der Waals surface area contributed by atoms with Crippen molar-refractivity contribution in [2.75, 3.05) is 39.3 Å². The normalized spacial score (nSPS) is 13.8. The molecule has 1 saturated heterocycles. The lowest BCUT2D eigenvalue weighted by Crippen LogP contribution is -2.53. The van der Waals surface area contributed by atoms with Gasteiger partial charge in [0.1, 0.15) is 0 Å². The minimum atomic E-state index is -0.0409. The van der Waals surface area contributed by atoms with Gasteiger partial charge in [-0.1, -0.05) is 17.4 Å². The number of hydrogen-bond donors (Lipinski definition) is 1. The summed E-state index contributed by atoms with van der Waals surface area (Å²) in [5.74, 6) is 1.68. The first kappa shape index (κ1) is 20.3. The molecule has 0 saturated carbocycles. The minimum absolute atomic E-state index is 0.0388. The van der Waals surface area contributed by atoms with Crippen LogP contribution in [0.25, 0.3) is 10.2 Å². The fourth-order valence-electron chi connectivity index (χ4n) is 3.53. The molecule has 1 aromatic heterocycles. The Balaban J connectivity index is 1.35. The molecular formula is C22H25N3O4S. The Labute approximate surface area is 179 Å². The fourth-order valence-corrected chi connectivity index (χ4v) is 4.61. The Hall–Kier alpha value is -3.00. The van der Waals surface area contributed by atoms with E-state index in [-0.39, 0.29) is 11.8 Å². The molecule has 0 unspecified atom stereocenters. The van der Waals surface area contributed by atoms with Crippen LogP contribution in [0.4, 0.5) is 5.13 Å². The van der Waals surface area contributed by atoms with Crippen LogP contribution in [-0.4, -0.2) is 45.3 Å². The number of ether oxygens (including phenoxy) is 3. The number of nitrogens with one attached hydrogen (secondary N) is 1. The number of amides is 1. The summed E-state index contributed by atoms with van der Waals surface area (Å²) in [7, 11) is 4.72. The van der Waals surface area contributed by atoms with E-state index in [0.717, 1.165) is 16.2 Å². The van der Waals surface area contributed by atoms with Gasteiger partial charge in [0.25, 0.3) is 0 Å². The summed E-state index contributed by atoms with van der Waals surface area (Å²) in [5.41, 5.74) is 3.12. The largest absolute Gasteiger partial charge is 0.493 e. The third-order valence-electron chi connectivity index (χ3n) is 5.25. The zero-order chi connectivity index (χ0) is 21.3. The second-order valence-corrected chi connectivity index (χ2v) is 8.33. The monoisotopic (exact) mass is 427 g/mol. The predicted octanol–water partition coefficient (Wildman–Crippen LogP) is 3.38. The summed E-state index contributed by atoms with van der Waals surface area (Å²) in [5, 5.41) is 3.99. The van der Waals surface area contributed by atoms with Gasteiger partial charge in [-0.05, 0) is 42.3 Å². The molecule has 1 amide bonds.